The molecular formula is C28H46N2OS. The molecule has 2 rings (SSSR count). The first-order chi connectivity index (χ1) is 15.3. The second kappa shape index (κ2) is 14.1. The van der Waals surface area contributed by atoms with E-state index in [2.05, 4.69) is 76.3 Å². The molecule has 32 heavy (non-hydrogen) atoms. The summed E-state index contributed by atoms with van der Waals surface area (Å²) in [6, 6.07) is 7.08. The summed E-state index contributed by atoms with van der Waals surface area (Å²) in [6.07, 6.45) is 12.4. The van der Waals surface area contributed by atoms with Crippen LogP contribution in [0.15, 0.2) is 34.1 Å². The second-order valence-corrected chi connectivity index (χ2v) is 11.2. The quantitative estimate of drug-likeness (QED) is 0.333. The molecule has 0 spiro atoms. The minimum Gasteiger partial charge on any atom is -0.352 e. The van der Waals surface area contributed by atoms with Crippen LogP contribution in [0.25, 0.3) is 0 Å². The fourth-order valence-corrected chi connectivity index (χ4v) is 5.60. The van der Waals surface area contributed by atoms with Crippen molar-refractivity contribution >= 4 is 17.7 Å². The minimum absolute atomic E-state index is 0.207. The highest BCUT2D eigenvalue weighted by atomic mass is 32.2. The Morgan fingerprint density at radius 2 is 1.91 bits per heavy atom. The number of amides is 1. The van der Waals surface area contributed by atoms with Crippen molar-refractivity contribution < 1.29 is 4.79 Å². The lowest BCUT2D eigenvalue weighted by atomic mass is 9.83. The molecule has 3 nitrogen and oxygen atoms in total. The van der Waals surface area contributed by atoms with Gasteiger partial charge in [0.2, 0.25) is 5.91 Å². The number of hydrogen-bond acceptors (Lipinski definition) is 3. The van der Waals surface area contributed by atoms with E-state index in [9.17, 15) is 4.79 Å². The number of carbonyl (C=O) groups excluding carboxylic acids is 1. The van der Waals surface area contributed by atoms with Crippen molar-refractivity contribution in [2.45, 2.75) is 102 Å². The Bertz CT molecular complexity index is 735. The lowest BCUT2D eigenvalue weighted by Crippen LogP contribution is -2.47. The minimum atomic E-state index is 0.207. The van der Waals surface area contributed by atoms with E-state index in [-0.39, 0.29) is 11.9 Å². The van der Waals surface area contributed by atoms with Crippen LogP contribution in [0.2, 0.25) is 0 Å². The Morgan fingerprint density at radius 1 is 1.19 bits per heavy atom. The maximum absolute atomic E-state index is 13.0. The molecule has 0 heterocycles. The summed E-state index contributed by atoms with van der Waals surface area (Å²) in [5, 5.41) is 3.41. The molecule has 180 valence electrons. The molecule has 1 amide bonds. The van der Waals surface area contributed by atoms with E-state index in [1.54, 1.807) is 0 Å². The number of nitrogens with zero attached hydrogens (tertiary/aromatic N) is 1. The molecule has 0 radical (unpaired) electrons. The molecule has 0 bridgehead atoms. The maximum atomic E-state index is 13.0. The first-order valence-electron chi connectivity index (χ1n) is 12.7. The zero-order valence-corrected chi connectivity index (χ0v) is 22.2. The standard InChI is InChI=1S/C28H46N2OS/c1-7-8-14-25(32-27-19-24(21(2)3)16-15-22(27)4)17-18-28(31)29-26(20-30(5)6)23-12-10-9-11-13-23/h14-16,19,21,23,26H,7-13,17-18,20H2,1-6H3,(H,29,31). The van der Waals surface area contributed by atoms with E-state index < -0.39 is 0 Å². The maximum Gasteiger partial charge on any atom is 0.220 e. The number of unbranched alkanes of at least 4 members (excludes halogenated alkanes) is 1. The van der Waals surface area contributed by atoms with Gasteiger partial charge in [0, 0.05) is 23.9 Å². The van der Waals surface area contributed by atoms with E-state index in [0.29, 0.717) is 18.3 Å². The fourth-order valence-electron chi connectivity index (χ4n) is 4.49. The van der Waals surface area contributed by atoms with Gasteiger partial charge in [-0.2, -0.15) is 0 Å². The highest BCUT2D eigenvalue weighted by Crippen LogP contribution is 2.34. The topological polar surface area (TPSA) is 32.3 Å². The van der Waals surface area contributed by atoms with Crippen LogP contribution in [-0.4, -0.2) is 37.5 Å². The van der Waals surface area contributed by atoms with Crippen molar-refractivity contribution in [2.75, 3.05) is 20.6 Å². The molecule has 1 atom stereocenters. The molecule has 1 aromatic rings. The number of allylic oxidation sites excluding steroid dienone is 2. The van der Waals surface area contributed by atoms with Crippen molar-refractivity contribution in [3.05, 3.63) is 40.3 Å². The van der Waals surface area contributed by atoms with Crippen molar-refractivity contribution in [3.63, 3.8) is 0 Å². The summed E-state index contributed by atoms with van der Waals surface area (Å²) < 4.78 is 0. The molecule has 4 heteroatoms. The van der Waals surface area contributed by atoms with Gasteiger partial charge in [0.05, 0.1) is 0 Å². The summed E-state index contributed by atoms with van der Waals surface area (Å²) in [7, 11) is 4.22. The Kier molecular flexibility index (Phi) is 11.9. The van der Waals surface area contributed by atoms with Gasteiger partial charge in [0.15, 0.2) is 0 Å². The number of thioether (sulfide) groups is 1. The van der Waals surface area contributed by atoms with Gasteiger partial charge in [-0.25, -0.2) is 0 Å². The molecule has 1 aliphatic carbocycles. The first kappa shape index (κ1) is 27.0. The number of aryl methyl sites for hydroxylation is 1. The second-order valence-electron chi connectivity index (χ2n) is 10.1. The predicted octanol–water partition coefficient (Wildman–Crippen LogP) is 7.30. The van der Waals surface area contributed by atoms with Gasteiger partial charge in [-0.15, -0.1) is 0 Å². The average molecular weight is 459 g/mol. The molecular weight excluding hydrogens is 412 g/mol. The number of likely N-dealkylation sites (N-methyl/N-ethyl adjacent to an activating group) is 1. The summed E-state index contributed by atoms with van der Waals surface area (Å²) in [5.74, 6) is 1.36. The number of nitrogens with one attached hydrogen (secondary N) is 1. The molecule has 0 aliphatic heterocycles. The average Bonchev–Trinajstić information content (AvgIpc) is 2.76. The zero-order chi connectivity index (χ0) is 23.5. The normalized spacial score (nSPS) is 16.6. The van der Waals surface area contributed by atoms with E-state index >= 15 is 0 Å². The van der Waals surface area contributed by atoms with Gasteiger partial charge in [-0.05, 0) is 80.6 Å². The highest BCUT2D eigenvalue weighted by molar-refractivity contribution is 8.03. The van der Waals surface area contributed by atoms with Gasteiger partial charge in [-0.3, -0.25) is 4.79 Å². The van der Waals surface area contributed by atoms with Crippen molar-refractivity contribution in [3.8, 4) is 0 Å². The monoisotopic (exact) mass is 458 g/mol. The number of hydrogen-bond donors (Lipinski definition) is 1. The van der Waals surface area contributed by atoms with Crippen LogP contribution in [0.4, 0.5) is 0 Å². The summed E-state index contributed by atoms with van der Waals surface area (Å²) >= 11 is 1.86. The van der Waals surface area contributed by atoms with Crippen molar-refractivity contribution in [1.82, 2.24) is 10.2 Å². The van der Waals surface area contributed by atoms with Crippen molar-refractivity contribution in [2.24, 2.45) is 5.92 Å². The summed E-state index contributed by atoms with van der Waals surface area (Å²) in [6.45, 7) is 9.82. The highest BCUT2D eigenvalue weighted by Gasteiger charge is 2.25. The molecule has 1 unspecified atom stereocenters. The van der Waals surface area contributed by atoms with E-state index in [0.717, 1.165) is 25.8 Å². The molecule has 0 saturated heterocycles. The first-order valence-corrected chi connectivity index (χ1v) is 13.5. The van der Waals surface area contributed by atoms with Crippen LogP contribution in [-0.2, 0) is 4.79 Å². The summed E-state index contributed by atoms with van der Waals surface area (Å²) in [4.78, 5) is 17.8. The van der Waals surface area contributed by atoms with E-state index in [1.165, 1.54) is 53.0 Å². The molecule has 1 aliphatic rings. The number of carbonyl (C=O) groups is 1. The van der Waals surface area contributed by atoms with Gasteiger partial charge in [-0.1, -0.05) is 76.4 Å². The number of benzene rings is 1. The third-order valence-electron chi connectivity index (χ3n) is 6.51. The molecule has 1 aromatic carbocycles. The smallest absolute Gasteiger partial charge is 0.220 e. The lowest BCUT2D eigenvalue weighted by molar-refractivity contribution is -0.122. The van der Waals surface area contributed by atoms with Crippen molar-refractivity contribution in [1.29, 1.82) is 0 Å². The largest absolute Gasteiger partial charge is 0.352 e. The Balaban J connectivity index is 2.01. The Labute approximate surface area is 201 Å². The van der Waals surface area contributed by atoms with Crippen LogP contribution in [0.5, 0.6) is 0 Å². The molecule has 1 fully saturated rings. The van der Waals surface area contributed by atoms with Crippen LogP contribution in [0.1, 0.15) is 95.6 Å². The summed E-state index contributed by atoms with van der Waals surface area (Å²) in [5.41, 5.74) is 2.69. The van der Waals surface area contributed by atoms with E-state index in [4.69, 9.17) is 0 Å². The third kappa shape index (κ3) is 9.31. The lowest BCUT2D eigenvalue weighted by Gasteiger charge is -2.32. The molecule has 0 aromatic heterocycles. The van der Waals surface area contributed by atoms with Gasteiger partial charge < -0.3 is 10.2 Å². The van der Waals surface area contributed by atoms with Gasteiger partial charge in [0.1, 0.15) is 0 Å². The number of rotatable bonds is 12. The van der Waals surface area contributed by atoms with Gasteiger partial charge in [0.25, 0.3) is 0 Å². The Morgan fingerprint density at radius 3 is 2.53 bits per heavy atom. The predicted molar refractivity (Wildman–Crippen MR) is 140 cm³/mol. The van der Waals surface area contributed by atoms with Crippen LogP contribution in [0, 0.1) is 12.8 Å². The van der Waals surface area contributed by atoms with E-state index in [1.807, 2.05) is 11.8 Å². The Hall–Kier alpha value is -1.26. The third-order valence-corrected chi connectivity index (χ3v) is 7.80. The molecule has 1 saturated carbocycles. The SMILES string of the molecule is CCCC=C(CCC(=O)NC(CN(C)C)C1CCCCC1)Sc1cc(C(C)C)ccc1C. The van der Waals surface area contributed by atoms with Gasteiger partial charge >= 0.3 is 0 Å². The molecule has 1 N–H and O–H groups in total. The van der Waals surface area contributed by atoms with Crippen LogP contribution in [0.3, 0.4) is 0 Å². The fraction of sp³-hybridized carbons (Fsp3) is 0.679. The zero-order valence-electron chi connectivity index (χ0n) is 21.4. The van der Waals surface area contributed by atoms with Crippen LogP contribution < -0.4 is 5.32 Å². The van der Waals surface area contributed by atoms with Crippen LogP contribution >= 0.6 is 11.8 Å².